The van der Waals surface area contributed by atoms with Gasteiger partial charge in [-0.2, -0.15) is 0 Å². The molecule has 0 saturated carbocycles. The zero-order valence-electron chi connectivity index (χ0n) is 19.8. The van der Waals surface area contributed by atoms with Crippen LogP contribution in [0.3, 0.4) is 0 Å². The number of para-hydroxylation sites is 3. The SMILES string of the molecule is c1ccc2nc(-c3ccc(-c4nc5ccccc5c5c4ccc4c6ccccc6oc45)cc3)ccc2c1. The summed E-state index contributed by atoms with van der Waals surface area (Å²) in [6, 6.07) is 41.9. The Hall–Kier alpha value is -5.02. The van der Waals surface area contributed by atoms with Gasteiger partial charge in [-0.05, 0) is 30.3 Å². The van der Waals surface area contributed by atoms with E-state index in [4.69, 9.17) is 14.4 Å². The van der Waals surface area contributed by atoms with E-state index in [-0.39, 0.29) is 0 Å². The number of fused-ring (bicyclic) bond motifs is 8. The topological polar surface area (TPSA) is 38.9 Å². The molecule has 0 aliphatic rings. The number of aromatic nitrogens is 2. The molecule has 5 aromatic carbocycles. The van der Waals surface area contributed by atoms with Crippen molar-refractivity contribution in [1.82, 2.24) is 9.97 Å². The quantitative estimate of drug-likeness (QED) is 0.235. The summed E-state index contributed by atoms with van der Waals surface area (Å²) in [5.74, 6) is 0. The molecule has 3 heterocycles. The van der Waals surface area contributed by atoms with E-state index >= 15 is 0 Å². The highest BCUT2D eigenvalue weighted by atomic mass is 16.3. The third kappa shape index (κ3) is 3.08. The van der Waals surface area contributed by atoms with E-state index < -0.39 is 0 Å². The Morgan fingerprint density at radius 1 is 0.459 bits per heavy atom. The Balaban J connectivity index is 1.35. The zero-order valence-corrected chi connectivity index (χ0v) is 19.8. The maximum Gasteiger partial charge on any atom is 0.144 e. The van der Waals surface area contributed by atoms with Gasteiger partial charge in [0.1, 0.15) is 11.2 Å². The maximum atomic E-state index is 6.44. The van der Waals surface area contributed by atoms with Gasteiger partial charge in [0.2, 0.25) is 0 Å². The van der Waals surface area contributed by atoms with Gasteiger partial charge in [0.25, 0.3) is 0 Å². The smallest absolute Gasteiger partial charge is 0.144 e. The minimum absolute atomic E-state index is 0.902. The third-order valence-electron chi connectivity index (χ3n) is 7.26. The summed E-state index contributed by atoms with van der Waals surface area (Å²) in [6.07, 6.45) is 0. The van der Waals surface area contributed by atoms with E-state index in [1.54, 1.807) is 0 Å². The molecule has 3 aromatic heterocycles. The van der Waals surface area contributed by atoms with Crippen LogP contribution in [0.2, 0.25) is 0 Å². The number of pyridine rings is 2. The van der Waals surface area contributed by atoms with Gasteiger partial charge in [0.15, 0.2) is 0 Å². The molecular weight excluding hydrogens is 452 g/mol. The molecule has 0 atom stereocenters. The fourth-order valence-corrected chi connectivity index (χ4v) is 5.46. The van der Waals surface area contributed by atoms with Crippen LogP contribution in [-0.2, 0) is 0 Å². The number of benzene rings is 5. The summed E-state index contributed by atoms with van der Waals surface area (Å²) < 4.78 is 6.44. The van der Waals surface area contributed by atoms with Crippen molar-refractivity contribution in [1.29, 1.82) is 0 Å². The van der Waals surface area contributed by atoms with E-state index in [2.05, 4.69) is 91.0 Å². The van der Waals surface area contributed by atoms with Crippen molar-refractivity contribution in [3.63, 3.8) is 0 Å². The normalized spacial score (nSPS) is 11.8. The molecule has 0 aliphatic heterocycles. The van der Waals surface area contributed by atoms with Crippen LogP contribution in [-0.4, -0.2) is 9.97 Å². The van der Waals surface area contributed by atoms with Gasteiger partial charge < -0.3 is 4.42 Å². The first-order chi connectivity index (χ1) is 18.3. The lowest BCUT2D eigenvalue weighted by Gasteiger charge is -2.11. The number of rotatable bonds is 2. The highest BCUT2D eigenvalue weighted by Crippen LogP contribution is 2.40. The van der Waals surface area contributed by atoms with Gasteiger partial charge in [-0.1, -0.05) is 91.0 Å². The summed E-state index contributed by atoms with van der Waals surface area (Å²) in [4.78, 5) is 9.99. The molecule has 172 valence electrons. The minimum atomic E-state index is 0.902. The molecule has 0 aliphatic carbocycles. The molecule has 8 aromatic rings. The van der Waals surface area contributed by atoms with Crippen LogP contribution in [0.4, 0.5) is 0 Å². The summed E-state index contributed by atoms with van der Waals surface area (Å²) in [6.45, 7) is 0. The molecule has 0 amide bonds. The predicted octanol–water partition coefficient (Wildman–Crippen LogP) is 9.17. The minimum Gasteiger partial charge on any atom is -0.455 e. The molecule has 0 spiro atoms. The molecule has 0 N–H and O–H groups in total. The number of hydrogen-bond donors (Lipinski definition) is 0. The van der Waals surface area contributed by atoms with Crippen molar-refractivity contribution in [2.24, 2.45) is 0 Å². The lowest BCUT2D eigenvalue weighted by atomic mass is 9.97. The van der Waals surface area contributed by atoms with Crippen LogP contribution in [0.25, 0.3) is 77.0 Å². The third-order valence-corrected chi connectivity index (χ3v) is 7.26. The van der Waals surface area contributed by atoms with Crippen LogP contribution in [0.5, 0.6) is 0 Å². The summed E-state index contributed by atoms with van der Waals surface area (Å²) in [5, 5.41) is 6.70. The molecule has 8 rings (SSSR count). The Morgan fingerprint density at radius 2 is 1.16 bits per heavy atom. The molecule has 0 radical (unpaired) electrons. The van der Waals surface area contributed by atoms with Gasteiger partial charge in [-0.25, -0.2) is 9.97 Å². The molecule has 3 nitrogen and oxygen atoms in total. The lowest BCUT2D eigenvalue weighted by molar-refractivity contribution is 0.673. The number of hydrogen-bond acceptors (Lipinski definition) is 3. The van der Waals surface area contributed by atoms with Crippen molar-refractivity contribution in [3.05, 3.63) is 121 Å². The van der Waals surface area contributed by atoms with E-state index in [9.17, 15) is 0 Å². The monoisotopic (exact) mass is 472 g/mol. The molecule has 0 saturated heterocycles. The molecule has 0 bridgehead atoms. The Morgan fingerprint density at radius 3 is 2.05 bits per heavy atom. The Labute approximate surface area is 212 Å². The molecule has 0 fully saturated rings. The highest BCUT2D eigenvalue weighted by Gasteiger charge is 2.17. The first-order valence-electron chi connectivity index (χ1n) is 12.4. The van der Waals surface area contributed by atoms with E-state index in [1.165, 1.54) is 0 Å². The molecule has 0 unspecified atom stereocenters. The molecule has 3 heteroatoms. The molecular formula is C34H20N2O. The number of furan rings is 1. The van der Waals surface area contributed by atoms with E-state index in [0.29, 0.717) is 0 Å². The average Bonchev–Trinajstić information content (AvgIpc) is 3.35. The van der Waals surface area contributed by atoms with Crippen LogP contribution < -0.4 is 0 Å². The van der Waals surface area contributed by atoms with Crippen molar-refractivity contribution in [2.45, 2.75) is 0 Å². The van der Waals surface area contributed by atoms with Crippen LogP contribution in [0.15, 0.2) is 126 Å². The second-order valence-electron chi connectivity index (χ2n) is 9.41. The van der Waals surface area contributed by atoms with Gasteiger partial charge in [0, 0.05) is 43.4 Å². The van der Waals surface area contributed by atoms with Crippen LogP contribution >= 0.6 is 0 Å². The van der Waals surface area contributed by atoms with Gasteiger partial charge >= 0.3 is 0 Å². The summed E-state index contributed by atoms with van der Waals surface area (Å²) >= 11 is 0. The second-order valence-corrected chi connectivity index (χ2v) is 9.41. The number of nitrogens with zero attached hydrogens (tertiary/aromatic N) is 2. The Bertz CT molecular complexity index is 2140. The standard InChI is InChI=1S/C34H20N2O/c1-4-10-28-21(7-1)17-20-29(35-28)22-13-15-23(16-14-22)33-27-19-18-25-24-8-3-6-12-31(24)37-34(25)32(27)26-9-2-5-11-30(26)36-33/h1-20H. The van der Waals surface area contributed by atoms with Crippen LogP contribution in [0.1, 0.15) is 0 Å². The predicted molar refractivity (Wildman–Crippen MR) is 153 cm³/mol. The fourth-order valence-electron chi connectivity index (χ4n) is 5.46. The van der Waals surface area contributed by atoms with Gasteiger partial charge in [-0.3, -0.25) is 0 Å². The average molecular weight is 473 g/mol. The largest absolute Gasteiger partial charge is 0.455 e. The summed E-state index contributed by atoms with van der Waals surface area (Å²) in [5.41, 5.74) is 7.84. The first-order valence-corrected chi connectivity index (χ1v) is 12.4. The second kappa shape index (κ2) is 7.74. The van der Waals surface area contributed by atoms with Crippen molar-refractivity contribution in [2.75, 3.05) is 0 Å². The lowest BCUT2D eigenvalue weighted by Crippen LogP contribution is -1.91. The van der Waals surface area contributed by atoms with Crippen molar-refractivity contribution >= 4 is 54.5 Å². The van der Waals surface area contributed by atoms with Crippen LogP contribution in [0, 0.1) is 0 Å². The van der Waals surface area contributed by atoms with E-state index in [1.807, 2.05) is 30.3 Å². The zero-order chi connectivity index (χ0) is 24.3. The maximum absolute atomic E-state index is 6.44. The fraction of sp³-hybridized carbons (Fsp3) is 0. The first kappa shape index (κ1) is 20.2. The van der Waals surface area contributed by atoms with Gasteiger partial charge in [0.05, 0.1) is 22.4 Å². The Kier molecular flexibility index (Phi) is 4.23. The van der Waals surface area contributed by atoms with E-state index in [0.717, 1.165) is 77.0 Å². The summed E-state index contributed by atoms with van der Waals surface area (Å²) in [7, 11) is 0. The van der Waals surface area contributed by atoms with Crippen molar-refractivity contribution < 1.29 is 4.42 Å². The highest BCUT2D eigenvalue weighted by molar-refractivity contribution is 6.24. The van der Waals surface area contributed by atoms with Crippen molar-refractivity contribution in [3.8, 4) is 22.5 Å². The molecule has 37 heavy (non-hydrogen) atoms. The van der Waals surface area contributed by atoms with Gasteiger partial charge in [-0.15, -0.1) is 0 Å².